The average molecular weight is 390 g/mol. The molecule has 1 aliphatic rings. The molecule has 1 aliphatic heterocycles. The van der Waals surface area contributed by atoms with Crippen molar-refractivity contribution in [3.63, 3.8) is 0 Å². The number of hydrogen-bond donors (Lipinski definition) is 1. The van der Waals surface area contributed by atoms with Gasteiger partial charge in [-0.2, -0.15) is 0 Å². The van der Waals surface area contributed by atoms with Crippen molar-refractivity contribution in [1.29, 1.82) is 0 Å². The molecule has 2 aromatic heterocycles. The molecule has 6 nitrogen and oxygen atoms in total. The van der Waals surface area contributed by atoms with Gasteiger partial charge in [-0.15, -0.1) is 0 Å². The number of imidazole rings is 1. The van der Waals surface area contributed by atoms with Crippen LogP contribution in [0.1, 0.15) is 57.9 Å². The molecule has 0 atom stereocenters. The molecular weight excluding hydrogens is 364 g/mol. The largest absolute Gasteiger partial charge is 0.336 e. The molecule has 1 fully saturated rings. The summed E-state index contributed by atoms with van der Waals surface area (Å²) in [5.41, 5.74) is 3.78. The maximum absolute atomic E-state index is 13.2. The fourth-order valence-electron chi connectivity index (χ4n) is 3.84. The maximum Gasteiger partial charge on any atom is 0.290 e. The first-order valence-corrected chi connectivity index (χ1v) is 10.2. The Kier molecular flexibility index (Phi) is 5.34. The van der Waals surface area contributed by atoms with E-state index in [4.69, 9.17) is 0 Å². The SMILES string of the molecule is Cc1cccc(NC(=O)c2nc(C(=O)N3CCCCCC3)n3ccccc23)c1C. The summed E-state index contributed by atoms with van der Waals surface area (Å²) in [6.07, 6.45) is 6.11. The van der Waals surface area contributed by atoms with Crippen molar-refractivity contribution in [3.05, 3.63) is 65.2 Å². The number of nitrogens with one attached hydrogen (secondary N) is 1. The molecule has 3 aromatic rings. The van der Waals surface area contributed by atoms with Crippen molar-refractivity contribution in [2.24, 2.45) is 0 Å². The fraction of sp³-hybridized carbons (Fsp3) is 0.348. The van der Waals surface area contributed by atoms with E-state index in [0.29, 0.717) is 11.3 Å². The average Bonchev–Trinajstić information content (AvgIpc) is 2.90. The highest BCUT2D eigenvalue weighted by atomic mass is 16.2. The van der Waals surface area contributed by atoms with E-state index in [1.54, 1.807) is 10.6 Å². The van der Waals surface area contributed by atoms with Crippen LogP contribution < -0.4 is 5.32 Å². The molecule has 0 spiro atoms. The number of pyridine rings is 1. The van der Waals surface area contributed by atoms with E-state index in [1.807, 2.05) is 55.1 Å². The second-order valence-electron chi connectivity index (χ2n) is 7.65. The summed E-state index contributed by atoms with van der Waals surface area (Å²) in [6, 6.07) is 11.3. The molecule has 0 aliphatic carbocycles. The van der Waals surface area contributed by atoms with E-state index in [-0.39, 0.29) is 17.5 Å². The van der Waals surface area contributed by atoms with Gasteiger partial charge < -0.3 is 10.2 Å². The summed E-state index contributed by atoms with van der Waals surface area (Å²) in [5, 5.41) is 2.96. The molecule has 0 saturated carbocycles. The zero-order valence-electron chi connectivity index (χ0n) is 16.9. The van der Waals surface area contributed by atoms with Gasteiger partial charge in [0.05, 0.1) is 5.52 Å². The van der Waals surface area contributed by atoms with Crippen molar-refractivity contribution in [2.45, 2.75) is 39.5 Å². The number of carbonyl (C=O) groups is 2. The summed E-state index contributed by atoms with van der Waals surface area (Å²) in [7, 11) is 0. The van der Waals surface area contributed by atoms with Crippen LogP contribution in [-0.2, 0) is 0 Å². The molecule has 150 valence electrons. The summed E-state index contributed by atoms with van der Waals surface area (Å²) in [4.78, 5) is 32.6. The lowest BCUT2D eigenvalue weighted by atomic mass is 10.1. The molecule has 4 rings (SSSR count). The molecular formula is C23H26N4O2. The lowest BCUT2D eigenvalue weighted by Gasteiger charge is -2.19. The van der Waals surface area contributed by atoms with Crippen LogP contribution >= 0.6 is 0 Å². The number of nitrogens with zero attached hydrogens (tertiary/aromatic N) is 3. The second kappa shape index (κ2) is 8.07. The highest BCUT2D eigenvalue weighted by Gasteiger charge is 2.25. The first-order valence-electron chi connectivity index (χ1n) is 10.2. The minimum Gasteiger partial charge on any atom is -0.336 e. The number of rotatable bonds is 3. The van der Waals surface area contributed by atoms with Gasteiger partial charge in [-0.1, -0.05) is 31.0 Å². The minimum atomic E-state index is -0.308. The molecule has 1 N–H and O–H groups in total. The van der Waals surface area contributed by atoms with Crippen LogP contribution in [0.25, 0.3) is 5.52 Å². The maximum atomic E-state index is 13.2. The minimum absolute atomic E-state index is 0.112. The molecule has 1 saturated heterocycles. The van der Waals surface area contributed by atoms with Crippen LogP contribution in [0.3, 0.4) is 0 Å². The Bertz CT molecular complexity index is 1060. The third-order valence-corrected chi connectivity index (χ3v) is 5.70. The third kappa shape index (κ3) is 3.75. The van der Waals surface area contributed by atoms with Gasteiger partial charge >= 0.3 is 0 Å². The number of aromatic nitrogens is 2. The molecule has 1 aromatic carbocycles. The highest BCUT2D eigenvalue weighted by Crippen LogP contribution is 2.21. The monoisotopic (exact) mass is 390 g/mol. The first kappa shape index (κ1) is 19.2. The van der Waals surface area contributed by atoms with Crippen molar-refractivity contribution < 1.29 is 9.59 Å². The molecule has 2 amide bonds. The van der Waals surface area contributed by atoms with Crippen LogP contribution in [-0.4, -0.2) is 39.2 Å². The fourth-order valence-corrected chi connectivity index (χ4v) is 3.84. The summed E-state index contributed by atoms with van der Waals surface area (Å²) in [6.45, 7) is 5.47. The standard InChI is InChI=1S/C23H26N4O2/c1-16-10-9-11-18(17(16)2)24-22(28)20-19-12-5-8-15-27(19)21(25-20)23(29)26-13-6-3-4-7-14-26/h5,8-12,15H,3-4,6-7,13-14H2,1-2H3,(H,24,28). The van der Waals surface area contributed by atoms with Gasteiger partial charge in [0, 0.05) is 25.0 Å². The Morgan fingerprint density at radius 3 is 2.48 bits per heavy atom. The smallest absolute Gasteiger partial charge is 0.290 e. The van der Waals surface area contributed by atoms with E-state index >= 15 is 0 Å². The van der Waals surface area contributed by atoms with E-state index < -0.39 is 0 Å². The van der Waals surface area contributed by atoms with E-state index in [9.17, 15) is 9.59 Å². The Balaban J connectivity index is 1.69. The normalized spacial score (nSPS) is 14.6. The van der Waals surface area contributed by atoms with Crippen LogP contribution in [0.4, 0.5) is 5.69 Å². The van der Waals surface area contributed by atoms with Crippen molar-refractivity contribution in [2.75, 3.05) is 18.4 Å². The first-order chi connectivity index (χ1) is 14.1. The van der Waals surface area contributed by atoms with Gasteiger partial charge in [0.25, 0.3) is 11.8 Å². The van der Waals surface area contributed by atoms with Crippen LogP contribution in [0.5, 0.6) is 0 Å². The Hall–Kier alpha value is -3.15. The Morgan fingerprint density at radius 2 is 1.72 bits per heavy atom. The predicted octanol–water partition coefficient (Wildman–Crippen LogP) is 4.22. The number of hydrogen-bond acceptors (Lipinski definition) is 3. The van der Waals surface area contributed by atoms with E-state index in [1.165, 1.54) is 0 Å². The van der Waals surface area contributed by atoms with Gasteiger partial charge in [-0.05, 0) is 56.0 Å². The van der Waals surface area contributed by atoms with Gasteiger partial charge in [0.2, 0.25) is 5.82 Å². The quantitative estimate of drug-likeness (QED) is 0.728. The second-order valence-corrected chi connectivity index (χ2v) is 7.65. The van der Waals surface area contributed by atoms with Gasteiger partial charge in [0.1, 0.15) is 0 Å². The van der Waals surface area contributed by atoms with E-state index in [2.05, 4.69) is 10.3 Å². The summed E-state index contributed by atoms with van der Waals surface area (Å²) >= 11 is 0. The zero-order chi connectivity index (χ0) is 20.4. The summed E-state index contributed by atoms with van der Waals surface area (Å²) < 4.78 is 1.73. The van der Waals surface area contributed by atoms with Gasteiger partial charge in [0.15, 0.2) is 5.69 Å². The van der Waals surface area contributed by atoms with Gasteiger partial charge in [-0.25, -0.2) is 4.98 Å². The third-order valence-electron chi connectivity index (χ3n) is 5.70. The number of amides is 2. The topological polar surface area (TPSA) is 66.7 Å². The number of fused-ring (bicyclic) bond motifs is 1. The molecule has 3 heterocycles. The molecule has 29 heavy (non-hydrogen) atoms. The number of anilines is 1. The Morgan fingerprint density at radius 1 is 0.966 bits per heavy atom. The van der Waals surface area contributed by atoms with Crippen molar-refractivity contribution >= 4 is 23.0 Å². The van der Waals surface area contributed by atoms with Crippen molar-refractivity contribution in [1.82, 2.24) is 14.3 Å². The lowest BCUT2D eigenvalue weighted by Crippen LogP contribution is -2.33. The van der Waals surface area contributed by atoms with Gasteiger partial charge in [-0.3, -0.25) is 14.0 Å². The van der Waals surface area contributed by atoms with Crippen LogP contribution in [0.15, 0.2) is 42.6 Å². The van der Waals surface area contributed by atoms with Crippen molar-refractivity contribution in [3.8, 4) is 0 Å². The number of aryl methyl sites for hydroxylation is 1. The molecule has 6 heteroatoms. The number of benzene rings is 1. The number of carbonyl (C=O) groups excluding carboxylic acids is 2. The summed E-state index contributed by atoms with van der Waals surface area (Å²) in [5.74, 6) is -0.121. The predicted molar refractivity (Wildman–Crippen MR) is 113 cm³/mol. The highest BCUT2D eigenvalue weighted by molar-refractivity contribution is 6.09. The lowest BCUT2D eigenvalue weighted by molar-refractivity contribution is 0.0748. The molecule has 0 unspecified atom stereocenters. The van der Waals surface area contributed by atoms with Crippen LogP contribution in [0.2, 0.25) is 0 Å². The number of likely N-dealkylation sites (tertiary alicyclic amines) is 1. The van der Waals surface area contributed by atoms with Crippen LogP contribution in [0, 0.1) is 13.8 Å². The van der Waals surface area contributed by atoms with E-state index in [0.717, 1.165) is 55.6 Å². The zero-order valence-corrected chi connectivity index (χ0v) is 16.9. The molecule has 0 radical (unpaired) electrons. The molecule has 0 bridgehead atoms. The Labute approximate surface area is 170 Å².